The van der Waals surface area contributed by atoms with Crippen LogP contribution >= 0.6 is 0 Å². The fourth-order valence-corrected chi connectivity index (χ4v) is 2.75. The number of aryl methyl sites for hydroxylation is 1. The predicted octanol–water partition coefficient (Wildman–Crippen LogP) is 3.83. The third-order valence-electron chi connectivity index (χ3n) is 4.02. The van der Waals surface area contributed by atoms with Crippen molar-refractivity contribution in [3.63, 3.8) is 0 Å². The first-order chi connectivity index (χ1) is 11.9. The molecule has 25 heavy (non-hydrogen) atoms. The number of hydrogen-bond acceptors (Lipinski definition) is 4. The van der Waals surface area contributed by atoms with E-state index in [0.717, 1.165) is 5.56 Å². The van der Waals surface area contributed by atoms with Crippen molar-refractivity contribution < 1.29 is 9.72 Å². The molecule has 1 atom stereocenters. The fraction of sp³-hybridized carbons (Fsp3) is 0.316. The molecule has 0 aliphatic heterocycles. The highest BCUT2D eigenvalue weighted by Crippen LogP contribution is 2.27. The Bertz CT molecular complexity index is 745. The largest absolute Gasteiger partial charge is 0.319 e. The number of benzene rings is 2. The summed E-state index contributed by atoms with van der Waals surface area (Å²) < 4.78 is 0. The number of nitrogens with zero attached hydrogens (tertiary/aromatic N) is 1. The molecular formula is C19H23N3O3. The van der Waals surface area contributed by atoms with E-state index in [1.54, 1.807) is 19.1 Å². The van der Waals surface area contributed by atoms with Crippen LogP contribution in [-0.2, 0) is 4.79 Å². The molecule has 2 rings (SSSR count). The first-order valence-corrected chi connectivity index (χ1v) is 8.22. The highest BCUT2D eigenvalue weighted by molar-refractivity contribution is 5.95. The molecule has 0 unspecified atom stereocenters. The maximum absolute atomic E-state index is 12.3. The summed E-state index contributed by atoms with van der Waals surface area (Å²) in [5, 5.41) is 17.0. The molecule has 6 nitrogen and oxygen atoms in total. The second-order valence-corrected chi connectivity index (χ2v) is 6.29. The van der Waals surface area contributed by atoms with Crippen LogP contribution in [0.25, 0.3) is 0 Å². The van der Waals surface area contributed by atoms with E-state index >= 15 is 0 Å². The van der Waals surface area contributed by atoms with Crippen LogP contribution in [0.3, 0.4) is 0 Å². The molecule has 0 spiro atoms. The molecule has 0 saturated carbocycles. The zero-order valence-corrected chi connectivity index (χ0v) is 14.7. The standard InChI is InChI=1S/C19H23N3O3/c1-13(2)18(15-9-5-4-6-10-15)20-12-17(23)21-19-14(3)8-7-11-16(19)22(24)25/h4-11,13,18,20H,12H2,1-3H3,(H,21,23)/t18-/m1/s1. The van der Waals surface area contributed by atoms with E-state index in [0.29, 0.717) is 11.5 Å². The van der Waals surface area contributed by atoms with Crippen molar-refractivity contribution in [3.8, 4) is 0 Å². The summed E-state index contributed by atoms with van der Waals surface area (Å²) >= 11 is 0. The van der Waals surface area contributed by atoms with Crippen LogP contribution in [0.4, 0.5) is 11.4 Å². The smallest absolute Gasteiger partial charge is 0.293 e. The molecule has 2 N–H and O–H groups in total. The number of para-hydroxylation sites is 1. The Kier molecular flexibility index (Phi) is 6.25. The SMILES string of the molecule is Cc1cccc([N+](=O)[O-])c1NC(=O)CN[C@@H](c1ccccc1)C(C)C. The van der Waals surface area contributed by atoms with Gasteiger partial charge in [-0.3, -0.25) is 14.9 Å². The molecule has 0 aromatic heterocycles. The van der Waals surface area contributed by atoms with Gasteiger partial charge in [0, 0.05) is 12.1 Å². The van der Waals surface area contributed by atoms with Gasteiger partial charge in [-0.05, 0) is 24.0 Å². The van der Waals surface area contributed by atoms with Crippen LogP contribution in [0.2, 0.25) is 0 Å². The van der Waals surface area contributed by atoms with Crippen molar-refractivity contribution in [1.29, 1.82) is 0 Å². The molecule has 0 radical (unpaired) electrons. The molecule has 0 saturated heterocycles. The minimum atomic E-state index is -0.489. The minimum absolute atomic E-state index is 0.0267. The van der Waals surface area contributed by atoms with Crippen molar-refractivity contribution >= 4 is 17.3 Å². The van der Waals surface area contributed by atoms with Gasteiger partial charge in [-0.25, -0.2) is 0 Å². The van der Waals surface area contributed by atoms with E-state index in [-0.39, 0.29) is 29.9 Å². The monoisotopic (exact) mass is 341 g/mol. The number of carbonyl (C=O) groups excluding carboxylic acids is 1. The lowest BCUT2D eigenvalue weighted by atomic mass is 9.96. The second kappa shape index (κ2) is 8.39. The number of nitrogens with one attached hydrogen (secondary N) is 2. The van der Waals surface area contributed by atoms with Crippen LogP contribution in [0, 0.1) is 23.0 Å². The minimum Gasteiger partial charge on any atom is -0.319 e. The van der Waals surface area contributed by atoms with Crippen molar-refractivity contribution in [2.24, 2.45) is 5.92 Å². The number of carbonyl (C=O) groups is 1. The summed E-state index contributed by atoms with van der Waals surface area (Å²) in [4.78, 5) is 22.9. The lowest BCUT2D eigenvalue weighted by Gasteiger charge is -2.22. The Morgan fingerprint density at radius 1 is 1.12 bits per heavy atom. The van der Waals surface area contributed by atoms with Crippen molar-refractivity contribution in [2.45, 2.75) is 26.8 Å². The van der Waals surface area contributed by atoms with Gasteiger partial charge in [0.15, 0.2) is 0 Å². The zero-order chi connectivity index (χ0) is 18.4. The van der Waals surface area contributed by atoms with Crippen molar-refractivity contribution in [1.82, 2.24) is 5.32 Å². The van der Waals surface area contributed by atoms with Gasteiger partial charge in [-0.1, -0.05) is 56.3 Å². The predicted molar refractivity (Wildman–Crippen MR) is 98.5 cm³/mol. The number of rotatable bonds is 7. The highest BCUT2D eigenvalue weighted by atomic mass is 16.6. The molecule has 6 heteroatoms. The zero-order valence-electron chi connectivity index (χ0n) is 14.7. The Hall–Kier alpha value is -2.73. The summed E-state index contributed by atoms with van der Waals surface area (Å²) in [5.41, 5.74) is 1.91. The van der Waals surface area contributed by atoms with Gasteiger partial charge in [-0.2, -0.15) is 0 Å². The fourth-order valence-electron chi connectivity index (χ4n) is 2.75. The Morgan fingerprint density at radius 2 is 1.80 bits per heavy atom. The van der Waals surface area contributed by atoms with Gasteiger partial charge in [0.2, 0.25) is 5.91 Å². The summed E-state index contributed by atoms with van der Waals surface area (Å²) in [6.07, 6.45) is 0. The van der Waals surface area contributed by atoms with Crippen LogP contribution in [-0.4, -0.2) is 17.4 Å². The topological polar surface area (TPSA) is 84.3 Å². The molecule has 2 aromatic rings. The second-order valence-electron chi connectivity index (χ2n) is 6.29. The molecule has 1 amide bonds. The van der Waals surface area contributed by atoms with E-state index in [2.05, 4.69) is 24.5 Å². The van der Waals surface area contributed by atoms with E-state index in [4.69, 9.17) is 0 Å². The maximum atomic E-state index is 12.3. The number of anilines is 1. The van der Waals surface area contributed by atoms with Gasteiger partial charge in [0.1, 0.15) is 5.69 Å². The lowest BCUT2D eigenvalue weighted by Crippen LogP contribution is -2.33. The van der Waals surface area contributed by atoms with Crippen LogP contribution < -0.4 is 10.6 Å². The lowest BCUT2D eigenvalue weighted by molar-refractivity contribution is -0.384. The Morgan fingerprint density at radius 3 is 2.40 bits per heavy atom. The molecule has 0 bridgehead atoms. The van der Waals surface area contributed by atoms with E-state index in [1.807, 2.05) is 30.3 Å². The number of amides is 1. The maximum Gasteiger partial charge on any atom is 0.293 e. The van der Waals surface area contributed by atoms with E-state index in [1.165, 1.54) is 6.07 Å². The van der Waals surface area contributed by atoms with Crippen LogP contribution in [0.15, 0.2) is 48.5 Å². The van der Waals surface area contributed by atoms with Gasteiger partial charge in [0.05, 0.1) is 11.5 Å². The molecular weight excluding hydrogens is 318 g/mol. The number of nitro benzene ring substituents is 1. The molecule has 2 aromatic carbocycles. The van der Waals surface area contributed by atoms with E-state index < -0.39 is 4.92 Å². The van der Waals surface area contributed by atoms with Gasteiger partial charge < -0.3 is 10.6 Å². The normalized spacial score (nSPS) is 12.0. The van der Waals surface area contributed by atoms with Gasteiger partial charge >= 0.3 is 0 Å². The van der Waals surface area contributed by atoms with Crippen molar-refractivity contribution in [2.75, 3.05) is 11.9 Å². The molecule has 0 aliphatic rings. The summed E-state index contributed by atoms with van der Waals surface area (Å²) in [6, 6.07) is 14.7. The average Bonchev–Trinajstić information content (AvgIpc) is 2.57. The molecule has 0 heterocycles. The van der Waals surface area contributed by atoms with Crippen LogP contribution in [0.5, 0.6) is 0 Å². The Balaban J connectivity index is 2.07. The summed E-state index contributed by atoms with van der Waals surface area (Å²) in [6.45, 7) is 5.96. The summed E-state index contributed by atoms with van der Waals surface area (Å²) in [5.74, 6) is -0.0121. The Labute approximate surface area is 147 Å². The van der Waals surface area contributed by atoms with E-state index in [9.17, 15) is 14.9 Å². The molecule has 0 aliphatic carbocycles. The first kappa shape index (κ1) is 18.6. The summed E-state index contributed by atoms with van der Waals surface area (Å²) in [7, 11) is 0. The van der Waals surface area contributed by atoms with Crippen LogP contribution in [0.1, 0.15) is 31.0 Å². The highest BCUT2D eigenvalue weighted by Gasteiger charge is 2.20. The molecule has 0 fully saturated rings. The van der Waals surface area contributed by atoms with Gasteiger partial charge in [-0.15, -0.1) is 0 Å². The molecule has 132 valence electrons. The average molecular weight is 341 g/mol. The number of hydrogen-bond donors (Lipinski definition) is 2. The third kappa shape index (κ3) is 4.87. The number of nitro groups is 1. The third-order valence-corrected chi connectivity index (χ3v) is 4.02. The van der Waals surface area contributed by atoms with Gasteiger partial charge in [0.25, 0.3) is 5.69 Å². The van der Waals surface area contributed by atoms with Crippen molar-refractivity contribution in [3.05, 3.63) is 69.8 Å². The first-order valence-electron chi connectivity index (χ1n) is 8.22. The quantitative estimate of drug-likeness (QED) is 0.592.